The van der Waals surface area contributed by atoms with E-state index in [1.165, 1.54) is 16.7 Å². The summed E-state index contributed by atoms with van der Waals surface area (Å²) in [4.78, 5) is 39.9. The fraction of sp³-hybridized carbons (Fsp3) is 0.368. The smallest absolute Gasteiger partial charge is 0.412 e. The molecule has 0 aliphatic heterocycles. The number of carbonyl (C=O) groups excluding carboxylic acids is 3. The Morgan fingerprint density at radius 2 is 2.00 bits per heavy atom. The number of ether oxygens (including phenoxy) is 2. The van der Waals surface area contributed by atoms with Crippen molar-refractivity contribution in [1.29, 1.82) is 0 Å². The predicted molar refractivity (Wildman–Crippen MR) is 113 cm³/mol. The third-order valence-electron chi connectivity index (χ3n) is 3.56. The lowest BCUT2D eigenvalue weighted by atomic mass is 10.2. The number of carbonyl (C=O) groups is 3. The highest BCUT2D eigenvalue weighted by Crippen LogP contribution is 2.32. The molecule has 30 heavy (non-hydrogen) atoms. The molecule has 9 nitrogen and oxygen atoms in total. The molecule has 0 saturated heterocycles. The average molecular weight is 456 g/mol. The lowest BCUT2D eigenvalue weighted by Crippen LogP contribution is -2.44. The third-order valence-corrected chi connectivity index (χ3v) is 4.74. The summed E-state index contributed by atoms with van der Waals surface area (Å²) < 4.78 is 9.70. The van der Waals surface area contributed by atoms with Crippen molar-refractivity contribution < 1.29 is 29.0 Å². The van der Waals surface area contributed by atoms with Crippen LogP contribution in [0, 0.1) is 0 Å². The van der Waals surface area contributed by atoms with Crippen molar-refractivity contribution in [3.05, 3.63) is 34.3 Å². The molecule has 1 aromatic carbocycles. The Morgan fingerprint density at radius 3 is 2.57 bits per heavy atom. The minimum absolute atomic E-state index is 0.0596. The third kappa shape index (κ3) is 6.41. The Kier molecular flexibility index (Phi) is 7.77. The van der Waals surface area contributed by atoms with Gasteiger partial charge in [0.2, 0.25) is 0 Å². The molecule has 162 valence electrons. The van der Waals surface area contributed by atoms with E-state index in [4.69, 9.17) is 16.3 Å². The molecule has 0 aliphatic rings. The molecular weight excluding hydrogens is 434 g/mol. The van der Waals surface area contributed by atoms with Crippen LogP contribution in [-0.2, 0) is 14.3 Å². The number of amides is 2. The summed E-state index contributed by atoms with van der Waals surface area (Å²) in [6.07, 6.45) is -0.608. The fourth-order valence-corrected chi connectivity index (χ4v) is 3.41. The van der Waals surface area contributed by atoms with E-state index < -0.39 is 36.2 Å². The van der Waals surface area contributed by atoms with Crippen molar-refractivity contribution in [1.82, 2.24) is 10.3 Å². The van der Waals surface area contributed by atoms with Crippen LogP contribution in [0.1, 0.15) is 31.3 Å². The number of esters is 1. The van der Waals surface area contributed by atoms with Crippen LogP contribution in [0.5, 0.6) is 0 Å². The number of hydrogen-bond donors (Lipinski definition) is 3. The molecule has 1 heterocycles. The summed E-state index contributed by atoms with van der Waals surface area (Å²) in [6, 6.07) is 3.64. The maximum atomic E-state index is 12.3. The molecule has 0 spiro atoms. The van der Waals surface area contributed by atoms with E-state index >= 15 is 0 Å². The second-order valence-corrected chi connectivity index (χ2v) is 8.36. The van der Waals surface area contributed by atoms with Crippen molar-refractivity contribution in [3.8, 4) is 10.6 Å². The van der Waals surface area contributed by atoms with Gasteiger partial charge in [-0.3, -0.25) is 10.1 Å². The first kappa shape index (κ1) is 23.6. The van der Waals surface area contributed by atoms with Crippen LogP contribution in [0.3, 0.4) is 0 Å². The van der Waals surface area contributed by atoms with Crippen molar-refractivity contribution in [2.45, 2.75) is 32.4 Å². The predicted octanol–water partition coefficient (Wildman–Crippen LogP) is 3.07. The van der Waals surface area contributed by atoms with Crippen molar-refractivity contribution in [2.75, 3.05) is 19.0 Å². The number of anilines is 1. The van der Waals surface area contributed by atoms with Gasteiger partial charge in [0, 0.05) is 16.6 Å². The number of hydrogen-bond acceptors (Lipinski definition) is 8. The molecule has 0 aliphatic carbocycles. The summed E-state index contributed by atoms with van der Waals surface area (Å²) in [7, 11) is 1.15. The summed E-state index contributed by atoms with van der Waals surface area (Å²) in [6.45, 7) is 4.67. The zero-order valence-electron chi connectivity index (χ0n) is 16.8. The molecular formula is C19H22ClN3O6S. The first-order chi connectivity index (χ1) is 14.0. The second-order valence-electron chi connectivity index (χ2n) is 7.09. The summed E-state index contributed by atoms with van der Waals surface area (Å²) in [5.41, 5.74) is 0.428. The van der Waals surface area contributed by atoms with E-state index in [0.717, 1.165) is 7.11 Å². The van der Waals surface area contributed by atoms with Gasteiger partial charge in [-0.2, -0.15) is 0 Å². The molecule has 2 amide bonds. The minimum atomic E-state index is -1.19. The normalized spacial score (nSPS) is 12.1. The largest absolute Gasteiger partial charge is 0.467 e. The zero-order chi connectivity index (χ0) is 22.5. The van der Waals surface area contributed by atoms with E-state index in [1.807, 2.05) is 0 Å². The van der Waals surface area contributed by atoms with Crippen molar-refractivity contribution >= 4 is 46.6 Å². The van der Waals surface area contributed by atoms with E-state index in [0.29, 0.717) is 21.3 Å². The van der Waals surface area contributed by atoms with Crippen LogP contribution >= 0.6 is 22.9 Å². The monoisotopic (exact) mass is 455 g/mol. The first-order valence-electron chi connectivity index (χ1n) is 8.79. The van der Waals surface area contributed by atoms with Gasteiger partial charge in [-0.1, -0.05) is 11.6 Å². The standard InChI is InChI=1S/C19H22ClN3O6S/c1-19(2,3)29-18(27)21-10-5-6-11(12(20)7-10)16-23-14(9-30-16)15(25)22-13(8-24)17(26)28-4/h5-7,9,13,24H,8H2,1-4H3,(H,21,27)(H,22,25)/t13-/m0/s1. The number of nitrogens with one attached hydrogen (secondary N) is 2. The highest BCUT2D eigenvalue weighted by molar-refractivity contribution is 7.13. The van der Waals surface area contributed by atoms with Crippen LogP contribution < -0.4 is 10.6 Å². The highest BCUT2D eigenvalue weighted by atomic mass is 35.5. The molecule has 2 rings (SSSR count). The Balaban J connectivity index is 2.12. The maximum absolute atomic E-state index is 12.3. The Bertz CT molecular complexity index is 941. The van der Waals surface area contributed by atoms with Crippen LogP contribution in [0.4, 0.5) is 10.5 Å². The number of halogens is 1. The van der Waals surface area contributed by atoms with E-state index in [-0.39, 0.29) is 5.69 Å². The van der Waals surface area contributed by atoms with Gasteiger partial charge in [-0.05, 0) is 39.0 Å². The molecule has 0 saturated carbocycles. The van der Waals surface area contributed by atoms with Crippen molar-refractivity contribution in [3.63, 3.8) is 0 Å². The zero-order valence-corrected chi connectivity index (χ0v) is 18.4. The number of thiazole rings is 1. The molecule has 0 unspecified atom stereocenters. The Morgan fingerprint density at radius 1 is 1.30 bits per heavy atom. The Hall–Kier alpha value is -2.69. The summed E-state index contributed by atoms with van der Waals surface area (Å²) in [5, 5.41) is 16.4. The molecule has 1 atom stereocenters. The SMILES string of the molecule is COC(=O)[C@H](CO)NC(=O)c1csc(-c2ccc(NC(=O)OC(C)(C)C)cc2Cl)n1. The number of rotatable bonds is 6. The number of aromatic nitrogens is 1. The fourth-order valence-electron chi connectivity index (χ4n) is 2.24. The average Bonchev–Trinajstić information content (AvgIpc) is 3.13. The van der Waals surface area contributed by atoms with Crippen LogP contribution in [-0.4, -0.2) is 53.4 Å². The van der Waals surface area contributed by atoms with Crippen LogP contribution in [0.15, 0.2) is 23.6 Å². The van der Waals surface area contributed by atoms with E-state index in [9.17, 15) is 19.5 Å². The number of nitrogens with zero attached hydrogens (tertiary/aromatic N) is 1. The van der Waals surface area contributed by atoms with E-state index in [2.05, 4.69) is 20.4 Å². The lowest BCUT2D eigenvalue weighted by Gasteiger charge is -2.19. The van der Waals surface area contributed by atoms with Gasteiger partial charge in [0.1, 0.15) is 16.3 Å². The number of methoxy groups -OCH3 is 1. The molecule has 2 aromatic rings. The lowest BCUT2D eigenvalue weighted by molar-refractivity contribution is -0.143. The number of aliphatic hydroxyl groups is 1. The molecule has 0 radical (unpaired) electrons. The second kappa shape index (κ2) is 9.88. The van der Waals surface area contributed by atoms with Gasteiger partial charge in [-0.25, -0.2) is 14.6 Å². The molecule has 11 heteroatoms. The van der Waals surface area contributed by atoms with Gasteiger partial charge in [0.25, 0.3) is 5.91 Å². The van der Waals surface area contributed by atoms with Gasteiger partial charge >= 0.3 is 12.1 Å². The Labute approximate surface area is 182 Å². The summed E-state index contributed by atoms with van der Waals surface area (Å²) >= 11 is 7.49. The van der Waals surface area contributed by atoms with Crippen LogP contribution in [0.2, 0.25) is 5.02 Å². The van der Waals surface area contributed by atoms with Gasteiger partial charge in [-0.15, -0.1) is 11.3 Å². The molecule has 0 fully saturated rings. The van der Waals surface area contributed by atoms with Crippen molar-refractivity contribution in [2.24, 2.45) is 0 Å². The topological polar surface area (TPSA) is 127 Å². The van der Waals surface area contributed by atoms with Gasteiger partial charge in [0.05, 0.1) is 18.7 Å². The summed E-state index contributed by atoms with van der Waals surface area (Å²) in [5.74, 6) is -1.40. The molecule has 0 bridgehead atoms. The first-order valence-corrected chi connectivity index (χ1v) is 10.0. The van der Waals surface area contributed by atoms with E-state index in [1.54, 1.807) is 39.0 Å². The minimum Gasteiger partial charge on any atom is -0.467 e. The molecule has 3 N–H and O–H groups in total. The quantitative estimate of drug-likeness (QED) is 0.571. The highest BCUT2D eigenvalue weighted by Gasteiger charge is 2.23. The number of aliphatic hydroxyl groups excluding tert-OH is 1. The van der Waals surface area contributed by atoms with Crippen LogP contribution in [0.25, 0.3) is 10.6 Å². The molecule has 1 aromatic heterocycles. The van der Waals surface area contributed by atoms with Gasteiger partial charge < -0.3 is 19.9 Å². The maximum Gasteiger partial charge on any atom is 0.412 e. The number of benzene rings is 1. The van der Waals surface area contributed by atoms with Gasteiger partial charge in [0.15, 0.2) is 6.04 Å².